The maximum absolute atomic E-state index is 11.8. The molecule has 0 aromatic heterocycles. The molecule has 0 saturated carbocycles. The first-order valence-corrected chi connectivity index (χ1v) is 4.33. The molecule has 0 bridgehead atoms. The number of carbonyl (C=O) groups is 1. The van der Waals surface area contributed by atoms with Gasteiger partial charge < -0.3 is 17.7 Å². The second kappa shape index (κ2) is 4.38. The molecular formula is C9H9BF3O2-. The SMILES string of the molecule is CC(=O)c1ccc(OC[B-](F)(F)F)cc1. The molecule has 82 valence electrons. The van der Waals surface area contributed by atoms with E-state index in [0.29, 0.717) is 5.56 Å². The van der Waals surface area contributed by atoms with Crippen LogP contribution in [0.2, 0.25) is 0 Å². The molecule has 0 unspecified atom stereocenters. The van der Waals surface area contributed by atoms with Crippen molar-refractivity contribution in [2.75, 3.05) is 6.51 Å². The molecule has 2 nitrogen and oxygen atoms in total. The number of ketones is 1. The summed E-state index contributed by atoms with van der Waals surface area (Å²) in [6, 6.07) is 5.55. The Labute approximate surface area is 85.1 Å². The molecule has 0 aliphatic rings. The average molecular weight is 217 g/mol. The van der Waals surface area contributed by atoms with E-state index in [4.69, 9.17) is 0 Å². The zero-order valence-corrected chi connectivity index (χ0v) is 8.04. The van der Waals surface area contributed by atoms with Crippen LogP contribution < -0.4 is 4.74 Å². The van der Waals surface area contributed by atoms with E-state index >= 15 is 0 Å². The van der Waals surface area contributed by atoms with Gasteiger partial charge in [0, 0.05) is 5.56 Å². The summed E-state index contributed by atoms with van der Waals surface area (Å²) in [7, 11) is 0. The Balaban J connectivity index is 2.61. The highest BCUT2D eigenvalue weighted by atomic mass is 19.4. The van der Waals surface area contributed by atoms with Crippen molar-refractivity contribution in [3.63, 3.8) is 0 Å². The summed E-state index contributed by atoms with van der Waals surface area (Å²) in [4.78, 5) is 10.9. The van der Waals surface area contributed by atoms with Crippen molar-refractivity contribution >= 4 is 12.8 Å². The number of ether oxygens (including phenoxy) is 1. The summed E-state index contributed by atoms with van der Waals surface area (Å²) in [5, 5.41) is 0. The fourth-order valence-electron chi connectivity index (χ4n) is 0.977. The fraction of sp³-hybridized carbons (Fsp3) is 0.222. The summed E-state index contributed by atoms with van der Waals surface area (Å²) >= 11 is 0. The smallest absolute Gasteiger partial charge is 0.515 e. The Kier molecular flexibility index (Phi) is 3.39. The van der Waals surface area contributed by atoms with E-state index in [0.717, 1.165) is 0 Å². The molecule has 6 heteroatoms. The molecule has 0 radical (unpaired) electrons. The Hall–Kier alpha value is -1.46. The normalized spacial score (nSPS) is 11.2. The summed E-state index contributed by atoms with van der Waals surface area (Å²) in [5.74, 6) is -0.0270. The van der Waals surface area contributed by atoms with Gasteiger partial charge in [0.05, 0.1) is 6.51 Å². The molecule has 0 atom stereocenters. The van der Waals surface area contributed by atoms with Gasteiger partial charge in [0.1, 0.15) is 5.75 Å². The van der Waals surface area contributed by atoms with E-state index in [-0.39, 0.29) is 11.5 Å². The molecular weight excluding hydrogens is 208 g/mol. The number of benzene rings is 1. The number of halogens is 3. The number of carbonyl (C=O) groups excluding carboxylic acids is 1. The highest BCUT2D eigenvalue weighted by molar-refractivity contribution is 6.58. The largest absolute Gasteiger partial charge is 0.522 e. The predicted octanol–water partition coefficient (Wildman–Crippen LogP) is 2.65. The van der Waals surface area contributed by atoms with Gasteiger partial charge in [-0.05, 0) is 31.2 Å². The molecule has 0 saturated heterocycles. The van der Waals surface area contributed by atoms with Gasteiger partial charge in [0.15, 0.2) is 5.78 Å². The van der Waals surface area contributed by atoms with Crippen molar-refractivity contribution in [1.82, 2.24) is 0 Å². The molecule has 1 rings (SSSR count). The summed E-state index contributed by atoms with van der Waals surface area (Å²) in [6.45, 7) is -4.82. The topological polar surface area (TPSA) is 26.3 Å². The number of hydrogen-bond acceptors (Lipinski definition) is 2. The van der Waals surface area contributed by atoms with Gasteiger partial charge in [0.2, 0.25) is 0 Å². The number of hydrogen-bond donors (Lipinski definition) is 0. The van der Waals surface area contributed by atoms with E-state index in [1.165, 1.54) is 31.2 Å². The molecule has 0 aliphatic carbocycles. The maximum atomic E-state index is 11.8. The van der Waals surface area contributed by atoms with Crippen molar-refractivity contribution < 1.29 is 22.5 Å². The first-order chi connectivity index (χ1) is 6.88. The van der Waals surface area contributed by atoms with Crippen molar-refractivity contribution in [3.05, 3.63) is 29.8 Å². The van der Waals surface area contributed by atoms with Gasteiger partial charge in [0.25, 0.3) is 0 Å². The van der Waals surface area contributed by atoms with Crippen LogP contribution in [-0.4, -0.2) is 19.3 Å². The Morgan fingerprint density at radius 2 is 1.80 bits per heavy atom. The van der Waals surface area contributed by atoms with Crippen LogP contribution in [0.1, 0.15) is 17.3 Å². The van der Waals surface area contributed by atoms with Crippen molar-refractivity contribution in [2.45, 2.75) is 6.92 Å². The first kappa shape index (κ1) is 11.6. The molecule has 0 aliphatic heterocycles. The number of rotatable bonds is 4. The molecule has 0 fully saturated rings. The minimum atomic E-state index is -4.94. The third kappa shape index (κ3) is 4.06. The van der Waals surface area contributed by atoms with Crippen LogP contribution in [0.3, 0.4) is 0 Å². The van der Waals surface area contributed by atoms with E-state index in [2.05, 4.69) is 4.74 Å². The lowest BCUT2D eigenvalue weighted by atomic mass is 9.95. The van der Waals surface area contributed by atoms with Gasteiger partial charge in [-0.2, -0.15) is 0 Å². The van der Waals surface area contributed by atoms with E-state index < -0.39 is 13.5 Å². The lowest BCUT2D eigenvalue weighted by Gasteiger charge is -2.14. The van der Waals surface area contributed by atoms with Crippen molar-refractivity contribution in [1.29, 1.82) is 0 Å². The molecule has 15 heavy (non-hydrogen) atoms. The molecule has 0 heterocycles. The Morgan fingerprint density at radius 3 is 2.20 bits per heavy atom. The number of Topliss-reactive ketones (excluding diaryl/α,β-unsaturated/α-hetero) is 1. The lowest BCUT2D eigenvalue weighted by molar-refractivity contribution is 0.101. The Morgan fingerprint density at radius 1 is 1.27 bits per heavy atom. The van der Waals surface area contributed by atoms with Gasteiger partial charge >= 0.3 is 6.98 Å². The minimum absolute atomic E-state index is 0.110. The standard InChI is InChI=1S/C9H9BF3O2/c1-7(14)8-2-4-9(5-3-8)15-6-10(11,12)13/h2-5H,6H2,1H3/q-1. The monoisotopic (exact) mass is 217 g/mol. The van der Waals surface area contributed by atoms with Crippen LogP contribution in [0.15, 0.2) is 24.3 Å². The molecule has 1 aromatic carbocycles. The second-order valence-electron chi connectivity index (χ2n) is 3.10. The molecule has 1 aromatic rings. The lowest BCUT2D eigenvalue weighted by Crippen LogP contribution is -2.26. The molecule has 0 spiro atoms. The first-order valence-electron chi connectivity index (χ1n) is 4.33. The van der Waals surface area contributed by atoms with Gasteiger partial charge in [-0.3, -0.25) is 4.79 Å². The van der Waals surface area contributed by atoms with E-state index in [1.54, 1.807) is 0 Å². The maximum Gasteiger partial charge on any atom is 0.515 e. The van der Waals surface area contributed by atoms with Crippen LogP contribution in [0.25, 0.3) is 0 Å². The van der Waals surface area contributed by atoms with Gasteiger partial charge in [-0.1, -0.05) is 0 Å². The van der Waals surface area contributed by atoms with Crippen LogP contribution >= 0.6 is 0 Å². The fourth-order valence-corrected chi connectivity index (χ4v) is 0.977. The van der Waals surface area contributed by atoms with Crippen LogP contribution in [0.5, 0.6) is 5.75 Å². The zero-order chi connectivity index (χ0) is 11.5. The van der Waals surface area contributed by atoms with Crippen LogP contribution in [0.4, 0.5) is 12.9 Å². The third-order valence-electron chi connectivity index (χ3n) is 1.70. The van der Waals surface area contributed by atoms with Gasteiger partial charge in [-0.25, -0.2) is 0 Å². The quantitative estimate of drug-likeness (QED) is 0.572. The summed E-state index contributed by atoms with van der Waals surface area (Å²) < 4.78 is 40.0. The zero-order valence-electron chi connectivity index (χ0n) is 8.04. The van der Waals surface area contributed by atoms with Crippen LogP contribution in [-0.2, 0) is 0 Å². The second-order valence-corrected chi connectivity index (χ2v) is 3.10. The van der Waals surface area contributed by atoms with Crippen LogP contribution in [0, 0.1) is 0 Å². The van der Waals surface area contributed by atoms with E-state index in [9.17, 15) is 17.7 Å². The minimum Gasteiger partial charge on any atom is -0.522 e. The molecule has 0 N–H and O–H groups in total. The highest BCUT2D eigenvalue weighted by Gasteiger charge is 2.24. The van der Waals surface area contributed by atoms with Gasteiger partial charge in [-0.15, -0.1) is 0 Å². The highest BCUT2D eigenvalue weighted by Crippen LogP contribution is 2.15. The average Bonchev–Trinajstić information content (AvgIpc) is 2.14. The Bertz CT molecular complexity index is 345. The van der Waals surface area contributed by atoms with Crippen molar-refractivity contribution in [3.8, 4) is 5.75 Å². The summed E-state index contributed by atoms with van der Waals surface area (Å²) in [6.07, 6.45) is 0. The summed E-state index contributed by atoms with van der Waals surface area (Å²) in [5.41, 5.74) is 0.444. The molecule has 0 amide bonds. The van der Waals surface area contributed by atoms with E-state index in [1.807, 2.05) is 0 Å². The van der Waals surface area contributed by atoms with Crippen molar-refractivity contribution in [2.24, 2.45) is 0 Å². The predicted molar refractivity (Wildman–Crippen MR) is 51.0 cm³/mol. The third-order valence-corrected chi connectivity index (χ3v) is 1.70.